The van der Waals surface area contributed by atoms with Crippen molar-refractivity contribution in [1.29, 1.82) is 0 Å². The van der Waals surface area contributed by atoms with Gasteiger partial charge in [0.05, 0.1) is 0 Å². The molecule has 0 aromatic carbocycles. The van der Waals surface area contributed by atoms with Gasteiger partial charge in [-0.3, -0.25) is 4.79 Å². The fraction of sp³-hybridized carbons (Fsp3) is 0.429. The van der Waals surface area contributed by atoms with Gasteiger partial charge in [0.15, 0.2) is 0 Å². The minimum absolute atomic E-state index is 0.242. The zero-order chi connectivity index (χ0) is 7.28. The number of carbonyl (C=O) groups excluding carboxylic acids is 2. The van der Waals surface area contributed by atoms with Crippen LogP contribution >= 0.6 is 0 Å². The molecule has 0 amide bonds. The zero-order valence-corrected chi connectivity index (χ0v) is 5.68. The van der Waals surface area contributed by atoms with Gasteiger partial charge < -0.3 is 4.79 Å². The average molecular weight is 126 g/mol. The summed E-state index contributed by atoms with van der Waals surface area (Å²) in [6.07, 6.45) is 1.70. The van der Waals surface area contributed by atoms with Gasteiger partial charge in [-0.1, -0.05) is 5.57 Å². The highest BCUT2D eigenvalue weighted by Gasteiger charge is 1.94. The molecule has 0 aliphatic rings. The molecular weight excluding hydrogens is 116 g/mol. The monoisotopic (exact) mass is 126 g/mol. The summed E-state index contributed by atoms with van der Waals surface area (Å²) < 4.78 is 0. The second-order valence-electron chi connectivity index (χ2n) is 2.01. The van der Waals surface area contributed by atoms with Gasteiger partial charge in [0.2, 0.25) is 0 Å². The summed E-state index contributed by atoms with van der Waals surface area (Å²) in [4.78, 5) is 20.0. The summed E-state index contributed by atoms with van der Waals surface area (Å²) >= 11 is 0. The molecule has 0 aliphatic carbocycles. The molecule has 0 rings (SSSR count). The lowest BCUT2D eigenvalue weighted by Gasteiger charge is -1.92. The number of aldehydes is 2. The molecule has 50 valence electrons. The molecule has 0 aromatic rings. The third kappa shape index (κ3) is 2.80. The maximum Gasteiger partial charge on any atom is 0.146 e. The lowest BCUT2D eigenvalue weighted by molar-refractivity contribution is -0.109. The summed E-state index contributed by atoms with van der Waals surface area (Å²) in [6, 6.07) is 0. The van der Waals surface area contributed by atoms with Gasteiger partial charge in [-0.15, -0.1) is 0 Å². The first-order valence-electron chi connectivity index (χ1n) is 2.77. The van der Waals surface area contributed by atoms with Crippen molar-refractivity contribution in [3.05, 3.63) is 11.1 Å². The number of rotatable bonds is 3. The molecule has 2 nitrogen and oxygen atoms in total. The van der Waals surface area contributed by atoms with E-state index in [0.717, 1.165) is 18.1 Å². The van der Waals surface area contributed by atoms with Gasteiger partial charge in [-0.2, -0.15) is 0 Å². The van der Waals surface area contributed by atoms with E-state index in [1.165, 1.54) is 0 Å². The Labute approximate surface area is 54.6 Å². The Hall–Kier alpha value is -0.920. The molecule has 0 unspecified atom stereocenters. The largest absolute Gasteiger partial charge is 0.303 e. The Kier molecular flexibility index (Phi) is 3.60. The van der Waals surface area contributed by atoms with E-state index in [1.54, 1.807) is 0 Å². The van der Waals surface area contributed by atoms with Crippen molar-refractivity contribution < 1.29 is 9.59 Å². The fourth-order valence-corrected chi connectivity index (χ4v) is 0.460. The Morgan fingerprint density at radius 3 is 2.00 bits per heavy atom. The topological polar surface area (TPSA) is 34.1 Å². The van der Waals surface area contributed by atoms with E-state index in [4.69, 9.17) is 0 Å². The van der Waals surface area contributed by atoms with E-state index in [2.05, 4.69) is 0 Å². The van der Waals surface area contributed by atoms with Crippen LogP contribution in [0.4, 0.5) is 0 Å². The molecule has 0 saturated heterocycles. The molecule has 0 saturated carbocycles. The minimum Gasteiger partial charge on any atom is -0.303 e. The van der Waals surface area contributed by atoms with Gasteiger partial charge in [-0.25, -0.2) is 0 Å². The lowest BCUT2D eigenvalue weighted by Crippen LogP contribution is -1.88. The van der Waals surface area contributed by atoms with Gasteiger partial charge in [-0.05, 0) is 19.4 Å². The number of hydrogen-bond acceptors (Lipinski definition) is 2. The maximum absolute atomic E-state index is 10.1. The highest BCUT2D eigenvalue weighted by molar-refractivity contribution is 5.79. The molecular formula is C7H10O2. The van der Waals surface area contributed by atoms with E-state index in [1.807, 2.05) is 13.8 Å². The maximum atomic E-state index is 10.1. The molecule has 0 aromatic heterocycles. The second-order valence-corrected chi connectivity index (χ2v) is 2.01. The predicted octanol–water partition coefficient (Wildman–Crippen LogP) is 1.11. The van der Waals surface area contributed by atoms with Crippen LogP contribution in [0.1, 0.15) is 20.3 Å². The van der Waals surface area contributed by atoms with Crippen molar-refractivity contribution in [1.82, 2.24) is 0 Å². The Morgan fingerprint density at radius 2 is 1.89 bits per heavy atom. The number of carbonyl (C=O) groups is 2. The molecule has 9 heavy (non-hydrogen) atoms. The predicted molar refractivity (Wildman–Crippen MR) is 35.1 cm³/mol. The second kappa shape index (κ2) is 4.01. The highest BCUT2D eigenvalue weighted by Crippen LogP contribution is 2.01. The van der Waals surface area contributed by atoms with Gasteiger partial charge in [0.25, 0.3) is 0 Å². The number of allylic oxidation sites excluding steroid dienone is 2. The number of hydrogen-bond donors (Lipinski definition) is 0. The van der Waals surface area contributed by atoms with Crippen LogP contribution in [0.3, 0.4) is 0 Å². The van der Waals surface area contributed by atoms with Crippen molar-refractivity contribution in [2.45, 2.75) is 20.3 Å². The highest BCUT2D eigenvalue weighted by atomic mass is 16.1. The van der Waals surface area contributed by atoms with Crippen LogP contribution in [0.25, 0.3) is 0 Å². The van der Waals surface area contributed by atoms with Crippen molar-refractivity contribution in [3.63, 3.8) is 0 Å². The van der Waals surface area contributed by atoms with Crippen LogP contribution in [0, 0.1) is 0 Å². The van der Waals surface area contributed by atoms with Gasteiger partial charge in [0, 0.05) is 6.42 Å². The summed E-state index contributed by atoms with van der Waals surface area (Å²) in [7, 11) is 0. The van der Waals surface area contributed by atoms with E-state index >= 15 is 0 Å². The van der Waals surface area contributed by atoms with Crippen molar-refractivity contribution in [3.8, 4) is 0 Å². The molecule has 0 atom stereocenters. The van der Waals surface area contributed by atoms with Gasteiger partial charge in [0.1, 0.15) is 12.6 Å². The summed E-state index contributed by atoms with van der Waals surface area (Å²) in [5.41, 5.74) is 1.50. The smallest absolute Gasteiger partial charge is 0.146 e. The van der Waals surface area contributed by atoms with Crippen LogP contribution in [0.15, 0.2) is 11.1 Å². The molecule has 0 heterocycles. The Morgan fingerprint density at radius 1 is 1.33 bits per heavy atom. The fourth-order valence-electron chi connectivity index (χ4n) is 0.460. The third-order valence-electron chi connectivity index (χ3n) is 1.09. The first-order chi connectivity index (χ1) is 4.22. The normalized spacial score (nSPS) is 8.22. The van der Waals surface area contributed by atoms with Crippen LogP contribution in [-0.4, -0.2) is 12.6 Å². The lowest BCUT2D eigenvalue weighted by atomic mass is 10.1. The molecule has 0 radical (unpaired) electrons. The molecule has 2 heteroatoms. The van der Waals surface area contributed by atoms with Crippen LogP contribution in [0.5, 0.6) is 0 Å². The SMILES string of the molecule is CC(C)=C(C=O)CC=O. The van der Waals surface area contributed by atoms with E-state index < -0.39 is 0 Å². The van der Waals surface area contributed by atoms with Crippen molar-refractivity contribution in [2.75, 3.05) is 0 Å². The standard InChI is InChI=1S/C7H10O2/c1-6(2)7(5-9)3-4-8/h4-5H,3H2,1-2H3. The third-order valence-corrected chi connectivity index (χ3v) is 1.09. The molecule has 0 spiro atoms. The van der Waals surface area contributed by atoms with Crippen LogP contribution in [-0.2, 0) is 9.59 Å². The van der Waals surface area contributed by atoms with Crippen molar-refractivity contribution in [2.24, 2.45) is 0 Å². The quantitative estimate of drug-likeness (QED) is 0.419. The van der Waals surface area contributed by atoms with Crippen LogP contribution < -0.4 is 0 Å². The summed E-state index contributed by atoms with van der Waals surface area (Å²) in [5, 5.41) is 0. The first-order valence-corrected chi connectivity index (χ1v) is 2.77. The molecule has 0 N–H and O–H groups in total. The molecule has 0 aliphatic heterocycles. The minimum atomic E-state index is 0.242. The average Bonchev–Trinajstić information content (AvgIpc) is 1.82. The molecule has 0 fully saturated rings. The summed E-state index contributed by atoms with van der Waals surface area (Å²) in [5.74, 6) is 0. The van der Waals surface area contributed by atoms with Gasteiger partial charge >= 0.3 is 0 Å². The first kappa shape index (κ1) is 8.08. The molecule has 0 bridgehead atoms. The van der Waals surface area contributed by atoms with Crippen LogP contribution in [0.2, 0.25) is 0 Å². The summed E-state index contributed by atoms with van der Waals surface area (Å²) in [6.45, 7) is 3.63. The van der Waals surface area contributed by atoms with E-state index in [9.17, 15) is 9.59 Å². The zero-order valence-electron chi connectivity index (χ0n) is 5.68. The Balaban J connectivity index is 4.14. The van der Waals surface area contributed by atoms with E-state index in [0.29, 0.717) is 5.57 Å². The van der Waals surface area contributed by atoms with E-state index in [-0.39, 0.29) is 6.42 Å². The van der Waals surface area contributed by atoms with Crippen molar-refractivity contribution >= 4 is 12.6 Å². The Bertz CT molecular complexity index is 141.